The smallest absolute Gasteiger partial charge is 0.230 e. The van der Waals surface area contributed by atoms with E-state index in [0.29, 0.717) is 10.7 Å². The van der Waals surface area contributed by atoms with Crippen LogP contribution in [-0.4, -0.2) is 17.1 Å². The molecule has 1 heterocycles. The van der Waals surface area contributed by atoms with Crippen LogP contribution in [0.2, 0.25) is 0 Å². The lowest BCUT2D eigenvalue weighted by Gasteiger charge is -2.06. The van der Waals surface area contributed by atoms with E-state index in [1.807, 2.05) is 13.2 Å². The molecule has 1 N–H and O–H groups in total. The number of nitrogens with zero attached hydrogens (tertiary/aromatic N) is 1. The van der Waals surface area contributed by atoms with E-state index in [1.165, 1.54) is 11.3 Å². The summed E-state index contributed by atoms with van der Waals surface area (Å²) < 4.78 is 28.2. The molecular weight excluding hydrogens is 374 g/mol. The van der Waals surface area contributed by atoms with Gasteiger partial charge in [-0.2, -0.15) is 0 Å². The zero-order valence-electron chi connectivity index (χ0n) is 14.2. The predicted molar refractivity (Wildman–Crippen MR) is 103 cm³/mol. The van der Waals surface area contributed by atoms with Crippen LogP contribution in [0.3, 0.4) is 0 Å². The number of anilines is 1. The Kier molecular flexibility index (Phi) is 5.68. The summed E-state index contributed by atoms with van der Waals surface area (Å²) in [6.45, 7) is 1.91. The van der Waals surface area contributed by atoms with Gasteiger partial charge in [0.2, 0.25) is 5.91 Å². The second-order valence-electron chi connectivity index (χ2n) is 5.64. The van der Waals surface area contributed by atoms with E-state index in [0.717, 1.165) is 33.7 Å². The maximum Gasteiger partial charge on any atom is 0.230 e. The van der Waals surface area contributed by atoms with Gasteiger partial charge in [0.1, 0.15) is 11.6 Å². The molecule has 0 spiro atoms. The minimum atomic E-state index is -0.492. The topological polar surface area (TPSA) is 42.0 Å². The van der Waals surface area contributed by atoms with Crippen LogP contribution < -0.4 is 5.32 Å². The van der Waals surface area contributed by atoms with Crippen molar-refractivity contribution < 1.29 is 13.6 Å². The van der Waals surface area contributed by atoms with Crippen LogP contribution >= 0.6 is 23.1 Å². The van der Waals surface area contributed by atoms with Crippen LogP contribution in [0.4, 0.5) is 13.9 Å². The number of rotatable bonds is 5. The first-order valence-electron chi connectivity index (χ1n) is 7.82. The number of aromatic nitrogens is 1. The molecule has 26 heavy (non-hydrogen) atoms. The van der Waals surface area contributed by atoms with Crippen molar-refractivity contribution in [3.8, 4) is 11.1 Å². The lowest BCUT2D eigenvalue weighted by Crippen LogP contribution is -2.14. The number of nitrogens with one attached hydrogen (secondary N) is 1. The Morgan fingerprint density at radius 3 is 2.58 bits per heavy atom. The third-order valence-corrected chi connectivity index (χ3v) is 6.03. The zero-order chi connectivity index (χ0) is 18.7. The van der Waals surface area contributed by atoms with Crippen molar-refractivity contribution >= 4 is 34.1 Å². The summed E-state index contributed by atoms with van der Waals surface area (Å²) in [5.41, 5.74) is 2.44. The first kappa shape index (κ1) is 18.5. The van der Waals surface area contributed by atoms with Gasteiger partial charge in [0.05, 0.1) is 16.3 Å². The Morgan fingerprint density at radius 1 is 1.19 bits per heavy atom. The highest BCUT2D eigenvalue weighted by atomic mass is 32.2. The second kappa shape index (κ2) is 7.97. The third-order valence-electron chi connectivity index (χ3n) is 3.74. The highest BCUT2D eigenvalue weighted by Gasteiger charge is 2.11. The number of hydrogen-bond acceptors (Lipinski definition) is 4. The summed E-state index contributed by atoms with van der Waals surface area (Å²) in [5.74, 6) is -1.15. The highest BCUT2D eigenvalue weighted by molar-refractivity contribution is 8.00. The van der Waals surface area contributed by atoms with E-state index in [4.69, 9.17) is 0 Å². The van der Waals surface area contributed by atoms with Gasteiger partial charge in [0.25, 0.3) is 0 Å². The van der Waals surface area contributed by atoms with Gasteiger partial charge in [-0.05, 0) is 42.5 Å². The van der Waals surface area contributed by atoms with Crippen molar-refractivity contribution in [3.63, 3.8) is 0 Å². The number of amides is 1. The molecule has 3 rings (SSSR count). The Balaban J connectivity index is 1.68. The van der Waals surface area contributed by atoms with Crippen LogP contribution in [-0.2, 0) is 11.2 Å². The Labute approximate surface area is 158 Å². The van der Waals surface area contributed by atoms with E-state index in [2.05, 4.69) is 10.3 Å². The number of hydrogen-bond donors (Lipinski definition) is 1. The van der Waals surface area contributed by atoms with Gasteiger partial charge < -0.3 is 5.32 Å². The average molecular weight is 390 g/mol. The number of aryl methyl sites for hydroxylation is 1. The van der Waals surface area contributed by atoms with Crippen molar-refractivity contribution in [2.75, 3.05) is 11.6 Å². The standard InChI is InChI=1S/C19H16F2N2OS2/c1-11-18(25-2)26-19(22-11)23-17(24)9-12-3-5-13(6-4-12)15-10-14(20)7-8-16(15)21/h3-8,10H,9H2,1-2H3,(H,22,23,24). The summed E-state index contributed by atoms with van der Waals surface area (Å²) in [7, 11) is 0. The molecule has 1 aromatic heterocycles. The Hall–Kier alpha value is -2.25. The summed E-state index contributed by atoms with van der Waals surface area (Å²) in [6, 6.07) is 10.2. The largest absolute Gasteiger partial charge is 0.302 e. The van der Waals surface area contributed by atoms with Gasteiger partial charge in [-0.3, -0.25) is 4.79 Å². The van der Waals surface area contributed by atoms with Crippen LogP contribution in [0, 0.1) is 18.6 Å². The molecule has 3 aromatic rings. The molecule has 0 saturated heterocycles. The van der Waals surface area contributed by atoms with Crippen molar-refractivity contribution in [3.05, 3.63) is 65.4 Å². The fraction of sp³-hybridized carbons (Fsp3) is 0.158. The number of thioether (sulfide) groups is 1. The normalized spacial score (nSPS) is 10.8. The molecule has 0 atom stereocenters. The maximum atomic E-state index is 13.8. The van der Waals surface area contributed by atoms with Crippen LogP contribution in [0.25, 0.3) is 11.1 Å². The first-order chi connectivity index (χ1) is 12.5. The lowest BCUT2D eigenvalue weighted by molar-refractivity contribution is -0.115. The van der Waals surface area contributed by atoms with Gasteiger partial charge in [0.15, 0.2) is 5.13 Å². The molecule has 0 unspecified atom stereocenters. The van der Waals surface area contributed by atoms with Crippen LogP contribution in [0.15, 0.2) is 46.7 Å². The maximum absolute atomic E-state index is 13.8. The molecule has 0 aliphatic carbocycles. The van der Waals surface area contributed by atoms with Crippen LogP contribution in [0.5, 0.6) is 0 Å². The summed E-state index contributed by atoms with van der Waals surface area (Å²) in [5, 5.41) is 3.37. The number of thiazole rings is 1. The van der Waals surface area contributed by atoms with Gasteiger partial charge in [-0.1, -0.05) is 35.6 Å². The minimum absolute atomic E-state index is 0.170. The molecule has 3 nitrogen and oxygen atoms in total. The molecule has 0 bridgehead atoms. The van der Waals surface area contributed by atoms with Crippen molar-refractivity contribution in [1.29, 1.82) is 0 Å². The fourth-order valence-corrected chi connectivity index (χ4v) is 4.12. The summed E-state index contributed by atoms with van der Waals surface area (Å²) in [6.07, 6.45) is 2.15. The monoisotopic (exact) mass is 390 g/mol. The van der Waals surface area contributed by atoms with Crippen molar-refractivity contribution in [2.45, 2.75) is 17.6 Å². The molecule has 2 aromatic carbocycles. The predicted octanol–water partition coefficient (Wildman–Crippen LogP) is 5.30. The molecule has 7 heteroatoms. The molecule has 1 amide bonds. The van der Waals surface area contributed by atoms with E-state index >= 15 is 0 Å². The Bertz CT molecular complexity index is 939. The number of carbonyl (C=O) groups excluding carboxylic acids is 1. The molecule has 0 fully saturated rings. The zero-order valence-corrected chi connectivity index (χ0v) is 15.8. The van der Waals surface area contributed by atoms with E-state index in [-0.39, 0.29) is 17.9 Å². The van der Waals surface area contributed by atoms with Gasteiger partial charge in [0, 0.05) is 5.56 Å². The SMILES string of the molecule is CSc1sc(NC(=O)Cc2ccc(-c3cc(F)ccc3F)cc2)nc1C. The molecule has 0 aliphatic rings. The van der Waals surface area contributed by atoms with Crippen molar-refractivity contribution in [1.82, 2.24) is 4.98 Å². The van der Waals surface area contributed by atoms with Gasteiger partial charge in [-0.15, -0.1) is 11.8 Å². The molecule has 0 radical (unpaired) electrons. The Morgan fingerprint density at radius 2 is 1.92 bits per heavy atom. The fourth-order valence-electron chi connectivity index (χ4n) is 2.50. The van der Waals surface area contributed by atoms with E-state index < -0.39 is 11.6 Å². The van der Waals surface area contributed by atoms with Gasteiger partial charge >= 0.3 is 0 Å². The quantitative estimate of drug-likeness (QED) is 0.601. The summed E-state index contributed by atoms with van der Waals surface area (Å²) in [4.78, 5) is 16.5. The number of benzene rings is 2. The molecular formula is C19H16F2N2OS2. The molecule has 0 saturated carbocycles. The minimum Gasteiger partial charge on any atom is -0.302 e. The first-order valence-corrected chi connectivity index (χ1v) is 9.86. The van der Waals surface area contributed by atoms with E-state index in [9.17, 15) is 13.6 Å². The highest BCUT2D eigenvalue weighted by Crippen LogP contribution is 2.30. The summed E-state index contributed by atoms with van der Waals surface area (Å²) >= 11 is 3.04. The third kappa shape index (κ3) is 4.28. The van der Waals surface area contributed by atoms with Gasteiger partial charge in [-0.25, -0.2) is 13.8 Å². The lowest BCUT2D eigenvalue weighted by atomic mass is 10.0. The van der Waals surface area contributed by atoms with E-state index in [1.54, 1.807) is 36.0 Å². The second-order valence-corrected chi connectivity index (χ2v) is 7.72. The molecule has 0 aliphatic heterocycles. The van der Waals surface area contributed by atoms with Crippen molar-refractivity contribution in [2.24, 2.45) is 0 Å². The average Bonchev–Trinajstić information content (AvgIpc) is 2.97. The number of carbonyl (C=O) groups is 1. The molecule has 134 valence electrons. The van der Waals surface area contributed by atoms with Crippen LogP contribution in [0.1, 0.15) is 11.3 Å². The number of halogens is 2.